The van der Waals surface area contributed by atoms with Crippen molar-refractivity contribution in [2.45, 2.75) is 37.8 Å². The third-order valence-corrected chi connectivity index (χ3v) is 3.04. The van der Waals surface area contributed by atoms with Gasteiger partial charge in [0.2, 0.25) is 0 Å². The van der Waals surface area contributed by atoms with E-state index < -0.39 is 23.4 Å². The lowest BCUT2D eigenvalue weighted by Gasteiger charge is -2.08. The van der Waals surface area contributed by atoms with Crippen LogP contribution in [-0.2, 0) is 6.18 Å². The normalized spacial score (nSPS) is 17.6. The molecule has 0 saturated heterocycles. The lowest BCUT2D eigenvalue weighted by molar-refractivity contribution is -0.141. The summed E-state index contributed by atoms with van der Waals surface area (Å²) in [7, 11) is 0. The van der Waals surface area contributed by atoms with Crippen LogP contribution < -0.4 is 0 Å². The number of alkyl halides is 3. The Bertz CT molecular complexity index is 433. The van der Waals surface area contributed by atoms with Crippen molar-refractivity contribution in [2.75, 3.05) is 0 Å². The number of nitrogens with zero attached hydrogens (tertiary/aromatic N) is 1. The average molecular weight is 248 g/mol. The molecule has 1 aliphatic carbocycles. The lowest BCUT2D eigenvalue weighted by atomic mass is 9.99. The second-order valence-corrected chi connectivity index (χ2v) is 4.15. The molecule has 0 amide bonds. The number of halogens is 3. The lowest BCUT2D eigenvalue weighted by Crippen LogP contribution is -2.13. The summed E-state index contributed by atoms with van der Waals surface area (Å²) in [6, 6.07) is 0. The summed E-state index contributed by atoms with van der Waals surface area (Å²) in [5.41, 5.74) is -1.93. The Kier molecular flexibility index (Phi) is 2.84. The van der Waals surface area contributed by atoms with Crippen molar-refractivity contribution in [1.29, 1.82) is 0 Å². The summed E-state index contributed by atoms with van der Waals surface area (Å²) >= 11 is 0. The van der Waals surface area contributed by atoms with Gasteiger partial charge >= 0.3 is 12.1 Å². The minimum absolute atomic E-state index is 0.113. The van der Waals surface area contributed by atoms with Crippen LogP contribution in [0.1, 0.15) is 53.3 Å². The second-order valence-electron chi connectivity index (χ2n) is 4.15. The van der Waals surface area contributed by atoms with Crippen molar-refractivity contribution in [2.24, 2.45) is 0 Å². The maximum Gasteiger partial charge on any atom is 0.436 e. The number of nitrogens with one attached hydrogen (secondary N) is 1. The van der Waals surface area contributed by atoms with Gasteiger partial charge in [-0.2, -0.15) is 18.3 Å². The predicted molar refractivity (Wildman–Crippen MR) is 51.8 cm³/mol. The fourth-order valence-electron chi connectivity index (χ4n) is 2.29. The van der Waals surface area contributed by atoms with Crippen molar-refractivity contribution in [3.63, 3.8) is 0 Å². The maximum absolute atomic E-state index is 12.6. The molecule has 1 aromatic heterocycles. The van der Waals surface area contributed by atoms with E-state index in [0.717, 1.165) is 12.8 Å². The number of aromatic nitrogens is 2. The number of carboxylic acid groups (broad SMARTS) is 1. The quantitative estimate of drug-likeness (QED) is 0.845. The van der Waals surface area contributed by atoms with E-state index in [0.29, 0.717) is 12.8 Å². The number of carbonyl (C=O) groups is 1. The molecule has 1 aliphatic rings. The number of carboxylic acids is 1. The molecule has 0 bridgehead atoms. The summed E-state index contributed by atoms with van der Waals surface area (Å²) in [4.78, 5) is 10.9. The molecule has 7 heteroatoms. The first-order valence-corrected chi connectivity index (χ1v) is 5.30. The van der Waals surface area contributed by atoms with E-state index in [9.17, 15) is 18.0 Å². The summed E-state index contributed by atoms with van der Waals surface area (Å²) < 4.78 is 37.7. The highest BCUT2D eigenvalue weighted by molar-refractivity contribution is 5.90. The first-order chi connectivity index (χ1) is 7.91. The van der Waals surface area contributed by atoms with Gasteiger partial charge in [-0.1, -0.05) is 12.8 Å². The number of H-pyrrole nitrogens is 1. The number of rotatable bonds is 2. The Hall–Kier alpha value is -1.53. The van der Waals surface area contributed by atoms with Crippen LogP contribution in [0, 0.1) is 0 Å². The SMILES string of the molecule is O=C(O)c1c(C(F)(F)F)n[nH]c1C1CCCC1. The van der Waals surface area contributed by atoms with E-state index in [2.05, 4.69) is 10.2 Å². The first kappa shape index (κ1) is 11.9. The monoisotopic (exact) mass is 248 g/mol. The van der Waals surface area contributed by atoms with Crippen LogP contribution in [0.15, 0.2) is 0 Å². The number of aromatic amines is 1. The van der Waals surface area contributed by atoms with Crippen LogP contribution in [-0.4, -0.2) is 21.3 Å². The Balaban J connectivity index is 2.46. The average Bonchev–Trinajstić information content (AvgIpc) is 2.84. The molecule has 0 aliphatic heterocycles. The van der Waals surface area contributed by atoms with Gasteiger partial charge in [-0.05, 0) is 12.8 Å². The maximum atomic E-state index is 12.6. The molecule has 1 heterocycles. The van der Waals surface area contributed by atoms with E-state index in [1.807, 2.05) is 0 Å². The van der Waals surface area contributed by atoms with Crippen LogP contribution in [0.2, 0.25) is 0 Å². The molecule has 1 fully saturated rings. The van der Waals surface area contributed by atoms with Crippen LogP contribution in [0.3, 0.4) is 0 Å². The van der Waals surface area contributed by atoms with Gasteiger partial charge in [-0.25, -0.2) is 4.79 Å². The summed E-state index contributed by atoms with van der Waals surface area (Å²) in [6.45, 7) is 0. The van der Waals surface area contributed by atoms with Crippen LogP contribution in [0.5, 0.6) is 0 Å². The number of aromatic carboxylic acids is 1. The molecule has 0 aromatic carbocycles. The van der Waals surface area contributed by atoms with Gasteiger partial charge in [-0.3, -0.25) is 5.10 Å². The molecular weight excluding hydrogens is 237 g/mol. The molecule has 0 atom stereocenters. The van der Waals surface area contributed by atoms with Crippen molar-refractivity contribution < 1.29 is 23.1 Å². The third kappa shape index (κ3) is 2.13. The molecular formula is C10H11F3N2O2. The standard InChI is InChI=1S/C10H11F3N2O2/c11-10(12,13)8-6(9(16)17)7(14-15-8)5-3-1-2-4-5/h5H,1-4H2,(H,14,15)(H,16,17). The molecule has 2 rings (SSSR count). The molecule has 4 nitrogen and oxygen atoms in total. The Morgan fingerprint density at radius 1 is 1.35 bits per heavy atom. The minimum Gasteiger partial charge on any atom is -0.478 e. The largest absolute Gasteiger partial charge is 0.478 e. The highest BCUT2D eigenvalue weighted by atomic mass is 19.4. The van der Waals surface area contributed by atoms with Gasteiger partial charge in [0.15, 0.2) is 5.69 Å². The third-order valence-electron chi connectivity index (χ3n) is 3.04. The summed E-state index contributed by atoms with van der Waals surface area (Å²) in [5.74, 6) is -1.72. The molecule has 0 unspecified atom stereocenters. The van der Waals surface area contributed by atoms with Crippen LogP contribution >= 0.6 is 0 Å². The molecule has 1 aromatic rings. The number of hydrogen-bond acceptors (Lipinski definition) is 2. The fourth-order valence-corrected chi connectivity index (χ4v) is 2.29. The van der Waals surface area contributed by atoms with Gasteiger partial charge in [-0.15, -0.1) is 0 Å². The molecule has 1 saturated carbocycles. The van der Waals surface area contributed by atoms with Gasteiger partial charge in [0.25, 0.3) is 0 Å². The molecule has 94 valence electrons. The fraction of sp³-hybridized carbons (Fsp3) is 0.600. The Morgan fingerprint density at radius 3 is 2.41 bits per heavy atom. The molecule has 0 radical (unpaired) electrons. The van der Waals surface area contributed by atoms with E-state index in [1.165, 1.54) is 0 Å². The van der Waals surface area contributed by atoms with Gasteiger partial charge in [0.05, 0.1) is 5.69 Å². The Morgan fingerprint density at radius 2 is 1.94 bits per heavy atom. The summed E-state index contributed by atoms with van der Waals surface area (Å²) in [5, 5.41) is 14.3. The predicted octanol–water partition coefficient (Wildman–Crippen LogP) is 2.78. The highest BCUT2D eigenvalue weighted by Gasteiger charge is 2.41. The zero-order valence-corrected chi connectivity index (χ0v) is 8.84. The van der Waals surface area contributed by atoms with E-state index in [4.69, 9.17) is 5.11 Å². The molecule has 0 spiro atoms. The van der Waals surface area contributed by atoms with Gasteiger partial charge in [0, 0.05) is 5.92 Å². The minimum atomic E-state index is -4.74. The van der Waals surface area contributed by atoms with Gasteiger partial charge < -0.3 is 5.11 Å². The van der Waals surface area contributed by atoms with Crippen molar-refractivity contribution >= 4 is 5.97 Å². The van der Waals surface area contributed by atoms with Crippen LogP contribution in [0.25, 0.3) is 0 Å². The van der Waals surface area contributed by atoms with Crippen molar-refractivity contribution in [1.82, 2.24) is 10.2 Å². The van der Waals surface area contributed by atoms with E-state index >= 15 is 0 Å². The van der Waals surface area contributed by atoms with Gasteiger partial charge in [0.1, 0.15) is 5.56 Å². The first-order valence-electron chi connectivity index (χ1n) is 5.30. The number of hydrogen-bond donors (Lipinski definition) is 2. The molecule has 17 heavy (non-hydrogen) atoms. The Labute approximate surface area is 94.8 Å². The van der Waals surface area contributed by atoms with Crippen LogP contribution in [0.4, 0.5) is 13.2 Å². The smallest absolute Gasteiger partial charge is 0.436 e. The zero-order valence-electron chi connectivity index (χ0n) is 8.84. The second kappa shape index (κ2) is 4.05. The van der Waals surface area contributed by atoms with Crippen molar-refractivity contribution in [3.8, 4) is 0 Å². The van der Waals surface area contributed by atoms with E-state index in [1.54, 1.807) is 0 Å². The molecule has 2 N–H and O–H groups in total. The van der Waals surface area contributed by atoms with Crippen molar-refractivity contribution in [3.05, 3.63) is 17.0 Å². The topological polar surface area (TPSA) is 66.0 Å². The highest BCUT2D eigenvalue weighted by Crippen LogP contribution is 2.39. The summed E-state index contributed by atoms with van der Waals surface area (Å²) in [6.07, 6.45) is -1.51. The zero-order chi connectivity index (χ0) is 12.6. The van der Waals surface area contributed by atoms with E-state index in [-0.39, 0.29) is 11.6 Å².